The molecule has 27 heavy (non-hydrogen) atoms. The third kappa shape index (κ3) is 4.37. The minimum absolute atomic E-state index is 0.157. The Morgan fingerprint density at radius 1 is 1.44 bits per heavy atom. The molecule has 2 aromatic rings. The lowest BCUT2D eigenvalue weighted by atomic mass is 10.2. The highest BCUT2D eigenvalue weighted by Crippen LogP contribution is 2.30. The van der Waals surface area contributed by atoms with Gasteiger partial charge in [-0.3, -0.25) is 0 Å². The smallest absolute Gasteiger partial charge is 0.329 e. The molecule has 0 radical (unpaired) electrons. The van der Waals surface area contributed by atoms with Gasteiger partial charge in [0, 0.05) is 36.8 Å². The van der Waals surface area contributed by atoms with Crippen LogP contribution >= 0.6 is 23.6 Å². The van der Waals surface area contributed by atoms with E-state index in [4.69, 9.17) is 17.0 Å². The van der Waals surface area contributed by atoms with Crippen LogP contribution in [0.2, 0.25) is 0 Å². The van der Waals surface area contributed by atoms with Crippen LogP contribution in [-0.2, 0) is 15.9 Å². The van der Waals surface area contributed by atoms with E-state index < -0.39 is 17.4 Å². The lowest BCUT2D eigenvalue weighted by Gasteiger charge is -2.37. The molecule has 2 unspecified atom stereocenters. The minimum Gasteiger partial charge on any atom is -0.610 e. The van der Waals surface area contributed by atoms with Crippen LogP contribution in [0.25, 0.3) is 0 Å². The van der Waals surface area contributed by atoms with Crippen LogP contribution in [0.3, 0.4) is 0 Å². The molecule has 2 heterocycles. The molecule has 1 aliphatic heterocycles. The molecule has 144 valence electrons. The third-order valence-corrected chi connectivity index (χ3v) is 6.77. The highest BCUT2D eigenvalue weighted by atomic mass is 32.2. The fraction of sp³-hybridized carbons (Fsp3) is 0.375. The van der Waals surface area contributed by atoms with Crippen LogP contribution in [0.4, 0.5) is 14.3 Å². The van der Waals surface area contributed by atoms with Crippen molar-refractivity contribution in [3.63, 3.8) is 0 Å². The van der Waals surface area contributed by atoms with Crippen molar-refractivity contribution >= 4 is 50.9 Å². The predicted molar refractivity (Wildman–Crippen MR) is 105 cm³/mol. The van der Waals surface area contributed by atoms with E-state index in [1.807, 2.05) is 0 Å². The van der Waals surface area contributed by atoms with Gasteiger partial charge in [0.05, 0.1) is 0 Å². The Morgan fingerprint density at radius 2 is 2.15 bits per heavy atom. The van der Waals surface area contributed by atoms with Crippen molar-refractivity contribution in [3.8, 4) is 0 Å². The Labute approximate surface area is 168 Å². The normalized spacial score (nSPS) is 18.5. The molecule has 1 aliphatic rings. The number of carbonyl (C=O) groups is 1. The van der Waals surface area contributed by atoms with Gasteiger partial charge in [-0.1, -0.05) is 5.10 Å². The summed E-state index contributed by atoms with van der Waals surface area (Å²) in [5.74, 6) is 0.0415. The quantitative estimate of drug-likeness (QED) is 0.414. The molecule has 0 saturated carbocycles. The fourth-order valence-corrected chi connectivity index (χ4v) is 4.63. The molecule has 0 N–H and O–H groups in total. The first-order valence-electron chi connectivity index (χ1n) is 8.13. The average molecular weight is 429 g/mol. The van der Waals surface area contributed by atoms with Gasteiger partial charge in [0.2, 0.25) is 5.13 Å². The molecule has 11 heteroatoms. The number of halogens is 1. The summed E-state index contributed by atoms with van der Waals surface area (Å²) in [5.41, 5.74) is 0.544. The number of hydrogen-bond donors (Lipinski definition) is 0. The number of anilines is 1. The maximum absolute atomic E-state index is 13.1. The van der Waals surface area contributed by atoms with Crippen molar-refractivity contribution in [1.29, 1.82) is 0 Å². The molecule has 7 nitrogen and oxygen atoms in total. The Morgan fingerprint density at radius 3 is 2.81 bits per heavy atom. The van der Waals surface area contributed by atoms with Crippen LogP contribution in [0, 0.1) is 5.82 Å². The summed E-state index contributed by atoms with van der Waals surface area (Å²) in [6.07, 6.45) is -0.183. The zero-order valence-electron chi connectivity index (χ0n) is 14.6. The summed E-state index contributed by atoms with van der Waals surface area (Å²) in [6, 6.07) is 5.32. The maximum Gasteiger partial charge on any atom is 0.329 e. The number of aromatic nitrogens is 2. The van der Waals surface area contributed by atoms with E-state index in [0.29, 0.717) is 33.8 Å². The van der Waals surface area contributed by atoms with Crippen LogP contribution in [0.5, 0.6) is 0 Å². The maximum atomic E-state index is 13.1. The molecular formula is C16H17FN4O3S3. The van der Waals surface area contributed by atoms with E-state index in [1.165, 1.54) is 29.2 Å². The number of carbonyl (C=O) groups excluding carboxylic acids is 1. The van der Waals surface area contributed by atoms with Crippen molar-refractivity contribution < 1.29 is 18.5 Å². The summed E-state index contributed by atoms with van der Waals surface area (Å²) in [4.78, 5) is 15.6. The van der Waals surface area contributed by atoms with E-state index in [1.54, 1.807) is 18.9 Å². The molecule has 1 aromatic heterocycles. The van der Waals surface area contributed by atoms with Gasteiger partial charge in [-0.05, 0) is 54.7 Å². The largest absolute Gasteiger partial charge is 0.610 e. The second-order valence-corrected chi connectivity index (χ2v) is 8.95. The van der Waals surface area contributed by atoms with Gasteiger partial charge in [-0.25, -0.2) is 14.1 Å². The molecule has 0 aliphatic carbocycles. The average Bonchev–Trinajstić information content (AvgIpc) is 3.14. The van der Waals surface area contributed by atoms with Gasteiger partial charge in [0.25, 0.3) is 0 Å². The summed E-state index contributed by atoms with van der Waals surface area (Å²) in [7, 11) is 1.68. The first kappa shape index (κ1) is 19.9. The number of thiocarbonyl (C=S) groups is 1. The molecule has 2 amide bonds. The standard InChI is InChI=1S/C16H17FN4O3S3/c1-3-27(23)15-19-18-14(26-15)21-12(8-9-20(2)16(21)22)24-13(25)10-4-6-11(17)7-5-10/h4-7,12H,3,8-9H2,1-2H3. The first-order valence-corrected chi connectivity index (χ1v) is 10.7. The van der Waals surface area contributed by atoms with Gasteiger partial charge < -0.3 is 14.2 Å². The van der Waals surface area contributed by atoms with E-state index in [-0.39, 0.29) is 16.9 Å². The second kappa shape index (κ2) is 8.46. The molecule has 3 rings (SSSR count). The molecule has 0 spiro atoms. The van der Waals surface area contributed by atoms with Gasteiger partial charge in [0.1, 0.15) is 11.6 Å². The summed E-state index contributed by atoms with van der Waals surface area (Å²) in [6.45, 7) is 2.27. The fourth-order valence-electron chi connectivity index (χ4n) is 2.45. The van der Waals surface area contributed by atoms with Crippen molar-refractivity contribution in [1.82, 2.24) is 15.1 Å². The number of benzene rings is 1. The van der Waals surface area contributed by atoms with E-state index >= 15 is 0 Å². The van der Waals surface area contributed by atoms with Crippen molar-refractivity contribution in [2.75, 3.05) is 24.2 Å². The SMILES string of the molecule is CC[S+]([O-])c1nnc(N2C(=O)N(C)CCC2OC(=S)c2ccc(F)cc2)s1. The number of rotatable bonds is 5. The molecule has 1 saturated heterocycles. The number of nitrogens with zero attached hydrogens (tertiary/aromatic N) is 4. The zero-order valence-corrected chi connectivity index (χ0v) is 17.1. The zero-order chi connectivity index (χ0) is 19.6. The van der Waals surface area contributed by atoms with Gasteiger partial charge >= 0.3 is 10.4 Å². The van der Waals surface area contributed by atoms with Crippen molar-refractivity contribution in [2.45, 2.75) is 23.9 Å². The monoisotopic (exact) mass is 428 g/mol. The Bertz CT molecular complexity index is 833. The van der Waals surface area contributed by atoms with Crippen LogP contribution in [0.1, 0.15) is 18.9 Å². The summed E-state index contributed by atoms with van der Waals surface area (Å²) in [5, 5.41) is 8.40. The van der Waals surface area contributed by atoms with E-state index in [0.717, 1.165) is 11.3 Å². The lowest BCUT2D eigenvalue weighted by Crippen LogP contribution is -2.54. The number of amides is 2. The third-order valence-electron chi connectivity index (χ3n) is 3.91. The van der Waals surface area contributed by atoms with Crippen molar-refractivity contribution in [3.05, 3.63) is 35.6 Å². The molecule has 1 aromatic carbocycles. The molecule has 0 bridgehead atoms. The molecule has 2 atom stereocenters. The van der Waals surface area contributed by atoms with Crippen LogP contribution in [-0.4, -0.2) is 56.3 Å². The van der Waals surface area contributed by atoms with Crippen LogP contribution < -0.4 is 4.90 Å². The topological polar surface area (TPSA) is 81.6 Å². The summed E-state index contributed by atoms with van der Waals surface area (Å²) >= 11 is 5.14. The Hall–Kier alpha value is -1.82. The molecule has 1 fully saturated rings. The first-order chi connectivity index (χ1) is 12.9. The second-order valence-electron chi connectivity index (χ2n) is 5.71. The number of ether oxygens (including phenoxy) is 1. The van der Waals surface area contributed by atoms with E-state index in [2.05, 4.69) is 10.2 Å². The highest BCUT2D eigenvalue weighted by Gasteiger charge is 2.37. The highest BCUT2D eigenvalue weighted by molar-refractivity contribution is 7.93. The Kier molecular flexibility index (Phi) is 6.25. The van der Waals surface area contributed by atoms with Gasteiger partial charge in [-0.15, -0.1) is 5.10 Å². The van der Waals surface area contributed by atoms with Crippen LogP contribution in [0.15, 0.2) is 28.6 Å². The Balaban J connectivity index is 1.83. The minimum atomic E-state index is -1.26. The molecular weight excluding hydrogens is 411 g/mol. The van der Waals surface area contributed by atoms with Gasteiger partial charge in [-0.2, -0.15) is 0 Å². The predicted octanol–water partition coefficient (Wildman–Crippen LogP) is 2.79. The van der Waals surface area contributed by atoms with Gasteiger partial charge in [0.15, 0.2) is 11.3 Å². The summed E-state index contributed by atoms with van der Waals surface area (Å²) < 4.78 is 31.3. The number of urea groups is 1. The number of hydrogen-bond acceptors (Lipinski definition) is 7. The lowest BCUT2D eigenvalue weighted by molar-refractivity contribution is 0.128. The van der Waals surface area contributed by atoms with E-state index in [9.17, 15) is 13.7 Å². The van der Waals surface area contributed by atoms with Crippen molar-refractivity contribution in [2.24, 2.45) is 0 Å².